The first-order valence-electron chi connectivity index (χ1n) is 28.6. The first-order chi connectivity index (χ1) is 42.1. The summed E-state index contributed by atoms with van der Waals surface area (Å²) in [6, 6.07) is 105. The Hall–Kier alpha value is -10.9. The van der Waals surface area contributed by atoms with Gasteiger partial charge in [0.1, 0.15) is 0 Å². The van der Waals surface area contributed by atoms with Crippen LogP contribution in [0.4, 0.5) is 0 Å². The molecule has 85 heavy (non-hydrogen) atoms. The van der Waals surface area contributed by atoms with E-state index in [4.69, 9.17) is 19.9 Å². The molecule has 0 unspecified atom stereocenters. The summed E-state index contributed by atoms with van der Waals surface area (Å²) in [7, 11) is 0. The molecule has 13 aromatic carbocycles. The van der Waals surface area contributed by atoms with Gasteiger partial charge in [0.2, 0.25) is 0 Å². The highest BCUT2D eigenvalue weighted by Gasteiger charge is 2.19. The van der Waals surface area contributed by atoms with Crippen molar-refractivity contribution in [2.24, 2.45) is 0 Å². The van der Waals surface area contributed by atoms with Crippen LogP contribution in [0.1, 0.15) is 0 Å². The number of benzene rings is 13. The van der Waals surface area contributed by atoms with Gasteiger partial charge in [0.15, 0.2) is 11.6 Å². The molecule has 0 fully saturated rings. The molecule has 4 aromatic heterocycles. The maximum absolute atomic E-state index is 5.26. The maximum atomic E-state index is 5.26. The number of fused-ring (bicyclic) bond motifs is 12. The lowest BCUT2D eigenvalue weighted by Crippen LogP contribution is -1.97. The smallest absolute Gasteiger partial charge is 0.160 e. The Kier molecular flexibility index (Phi) is 12.2. The van der Waals surface area contributed by atoms with Crippen LogP contribution in [0.5, 0.6) is 0 Å². The van der Waals surface area contributed by atoms with Crippen LogP contribution in [-0.2, 0) is 0 Å². The van der Waals surface area contributed by atoms with E-state index in [9.17, 15) is 0 Å². The van der Waals surface area contributed by atoms with Crippen LogP contribution >= 0.6 is 15.9 Å². The number of hydrogen-bond acceptors (Lipinski definition) is 4. The highest BCUT2D eigenvalue weighted by atomic mass is 79.9. The van der Waals surface area contributed by atoms with Crippen molar-refractivity contribution in [3.05, 3.63) is 302 Å². The number of rotatable bonds is 7. The Morgan fingerprint density at radius 2 is 0.612 bits per heavy atom. The molecule has 0 atom stereocenters. The average Bonchev–Trinajstić information content (AvgIpc) is 2.30. The van der Waals surface area contributed by atoms with Crippen molar-refractivity contribution < 1.29 is 0 Å². The molecule has 0 amide bonds. The van der Waals surface area contributed by atoms with Gasteiger partial charge < -0.3 is 9.13 Å². The van der Waals surface area contributed by atoms with Crippen molar-refractivity contribution >= 4 is 103 Å². The van der Waals surface area contributed by atoms with Crippen molar-refractivity contribution in [2.75, 3.05) is 0 Å². The van der Waals surface area contributed by atoms with Gasteiger partial charge in [-0.15, -0.1) is 0 Å². The van der Waals surface area contributed by atoms with Crippen LogP contribution in [0.3, 0.4) is 0 Å². The molecular weight excluding hydrogens is 1100 g/mol. The number of halogens is 1. The summed E-state index contributed by atoms with van der Waals surface area (Å²) in [6.07, 6.45) is 0. The summed E-state index contributed by atoms with van der Waals surface area (Å²) in [6.45, 7) is 0. The fourth-order valence-electron chi connectivity index (χ4n) is 12.5. The molecular formula is C78H49BrN6. The maximum Gasteiger partial charge on any atom is 0.160 e. The van der Waals surface area contributed by atoms with Gasteiger partial charge in [-0.1, -0.05) is 216 Å². The van der Waals surface area contributed by atoms with E-state index in [0.29, 0.717) is 5.82 Å². The van der Waals surface area contributed by atoms with Gasteiger partial charge in [-0.05, 0) is 130 Å². The zero-order chi connectivity index (χ0) is 56.4. The van der Waals surface area contributed by atoms with Gasteiger partial charge in [-0.3, -0.25) is 0 Å². The van der Waals surface area contributed by atoms with Crippen molar-refractivity contribution in [3.63, 3.8) is 0 Å². The second kappa shape index (κ2) is 20.8. The lowest BCUT2D eigenvalue weighted by atomic mass is 10.00. The fraction of sp³-hybridized carbons (Fsp3) is 0. The van der Waals surface area contributed by atoms with E-state index in [1.165, 1.54) is 76.6 Å². The van der Waals surface area contributed by atoms with Crippen molar-refractivity contribution in [1.29, 1.82) is 0 Å². The zero-order valence-electron chi connectivity index (χ0n) is 45.9. The number of hydrogen-bond donors (Lipinski definition) is 0. The molecule has 398 valence electrons. The standard InChI is InChI=1S/C54H34N4.C24H15BrN2/c1-3-14-36(15-4-1)53-52-42-18-8-7-13-35(42)25-30-47(52)55-54(56-53)37-23-28-41(29-24-37)58-49-22-12-10-20-44(49)46-34-39(27-32-51(46)58)38-26-31-50-45(33-38)43-19-9-11-21-48(43)57(50)40-16-5-2-6-17-40;25-19-13-10-18(11-14-19)24-26-21-15-12-16-6-4-5-9-20(16)22(21)23(27-24)17-7-2-1-3-8-17/h1-34H;1-15H. The monoisotopic (exact) mass is 1150 g/mol. The summed E-state index contributed by atoms with van der Waals surface area (Å²) >= 11 is 3.50. The summed E-state index contributed by atoms with van der Waals surface area (Å²) in [5.74, 6) is 1.45. The molecule has 17 rings (SSSR count). The Labute approximate surface area is 498 Å². The highest BCUT2D eigenvalue weighted by Crippen LogP contribution is 2.41. The molecule has 0 saturated heterocycles. The molecule has 0 N–H and O–H groups in total. The van der Waals surface area contributed by atoms with Crippen LogP contribution in [0.25, 0.3) is 155 Å². The third kappa shape index (κ3) is 8.80. The molecule has 0 radical (unpaired) electrons. The summed E-state index contributed by atoms with van der Waals surface area (Å²) in [4.78, 5) is 20.3. The van der Waals surface area contributed by atoms with Gasteiger partial charge in [-0.2, -0.15) is 0 Å². The summed E-state index contributed by atoms with van der Waals surface area (Å²) in [5, 5.41) is 11.8. The Morgan fingerprint density at radius 3 is 1.08 bits per heavy atom. The van der Waals surface area contributed by atoms with Gasteiger partial charge in [-0.25, -0.2) is 19.9 Å². The molecule has 17 aromatic rings. The molecule has 0 bridgehead atoms. The van der Waals surface area contributed by atoms with Crippen molar-refractivity contribution in [3.8, 4) is 67.8 Å². The number of nitrogens with zero attached hydrogens (tertiary/aromatic N) is 6. The Bertz CT molecular complexity index is 5410. The van der Waals surface area contributed by atoms with E-state index in [1.54, 1.807) is 0 Å². The molecule has 4 heterocycles. The SMILES string of the molecule is Brc1ccc(-c2nc(-c3ccccc3)c3c(ccc4ccccc43)n2)cc1.c1ccc(-c2nc(-c3ccc(-n4c5ccccc5c5cc(-c6ccc7c(c6)c6ccccc6n7-c6ccccc6)ccc54)cc3)nc3ccc4ccccc4c23)cc1. The molecule has 0 saturated carbocycles. The summed E-state index contributed by atoms with van der Waals surface area (Å²) < 4.78 is 5.78. The van der Waals surface area contributed by atoms with Crippen LogP contribution in [0, 0.1) is 0 Å². The van der Waals surface area contributed by atoms with E-state index in [0.717, 1.165) is 76.8 Å². The average molecular weight is 1150 g/mol. The Morgan fingerprint density at radius 1 is 0.247 bits per heavy atom. The molecule has 6 nitrogen and oxygen atoms in total. The van der Waals surface area contributed by atoms with Crippen LogP contribution < -0.4 is 0 Å². The zero-order valence-corrected chi connectivity index (χ0v) is 47.4. The van der Waals surface area contributed by atoms with Gasteiger partial charge in [0.25, 0.3) is 0 Å². The van der Waals surface area contributed by atoms with E-state index < -0.39 is 0 Å². The second-order valence-corrected chi connectivity index (χ2v) is 22.4. The first-order valence-corrected chi connectivity index (χ1v) is 29.3. The molecule has 0 aliphatic carbocycles. The number of para-hydroxylation sites is 3. The quantitative estimate of drug-likeness (QED) is 0.149. The minimum Gasteiger partial charge on any atom is -0.309 e. The van der Waals surface area contributed by atoms with E-state index >= 15 is 0 Å². The van der Waals surface area contributed by atoms with Crippen LogP contribution in [-0.4, -0.2) is 29.1 Å². The van der Waals surface area contributed by atoms with Gasteiger partial charge >= 0.3 is 0 Å². The molecule has 0 aliphatic rings. The third-order valence-corrected chi connectivity index (χ3v) is 17.0. The van der Waals surface area contributed by atoms with Crippen molar-refractivity contribution in [1.82, 2.24) is 29.1 Å². The fourth-order valence-corrected chi connectivity index (χ4v) is 12.7. The minimum absolute atomic E-state index is 0.712. The second-order valence-electron chi connectivity index (χ2n) is 21.4. The lowest BCUT2D eigenvalue weighted by molar-refractivity contribution is 1.17. The van der Waals surface area contributed by atoms with Crippen molar-refractivity contribution in [2.45, 2.75) is 0 Å². The minimum atomic E-state index is 0.712. The van der Waals surface area contributed by atoms with E-state index in [1.807, 2.05) is 48.5 Å². The summed E-state index contributed by atoms with van der Waals surface area (Å²) in [5.41, 5.74) is 17.4. The molecule has 7 heteroatoms. The van der Waals surface area contributed by atoms with E-state index in [2.05, 4.69) is 274 Å². The first kappa shape index (κ1) is 49.9. The van der Waals surface area contributed by atoms with E-state index in [-0.39, 0.29) is 0 Å². The Balaban J connectivity index is 0.000000182. The topological polar surface area (TPSA) is 61.4 Å². The normalized spacial score (nSPS) is 11.6. The highest BCUT2D eigenvalue weighted by molar-refractivity contribution is 9.10. The molecule has 0 spiro atoms. The van der Waals surface area contributed by atoms with Crippen LogP contribution in [0.15, 0.2) is 302 Å². The van der Waals surface area contributed by atoms with Gasteiger partial charge in [0, 0.05) is 70.4 Å². The lowest BCUT2D eigenvalue weighted by Gasteiger charge is -2.13. The molecule has 0 aliphatic heterocycles. The predicted octanol–water partition coefficient (Wildman–Crippen LogP) is 20.9. The van der Waals surface area contributed by atoms with Gasteiger partial charge in [0.05, 0.1) is 44.5 Å². The number of aromatic nitrogens is 6. The third-order valence-electron chi connectivity index (χ3n) is 16.4. The largest absolute Gasteiger partial charge is 0.309 e. The van der Waals surface area contributed by atoms with Crippen LogP contribution in [0.2, 0.25) is 0 Å². The predicted molar refractivity (Wildman–Crippen MR) is 358 cm³/mol.